The fourth-order valence-corrected chi connectivity index (χ4v) is 7.25. The van der Waals surface area contributed by atoms with E-state index in [2.05, 4.69) is 35.6 Å². The molecule has 18 heteroatoms. The maximum absolute atomic E-state index is 13.2. The molecule has 0 aliphatic carbocycles. The van der Waals surface area contributed by atoms with Crippen LogP contribution in [-0.2, 0) is 33.9 Å². The largest absolute Gasteiger partial charge is 0.444 e. The van der Waals surface area contributed by atoms with Gasteiger partial charge >= 0.3 is 0 Å². The van der Waals surface area contributed by atoms with Gasteiger partial charge in [-0.25, -0.2) is 19.9 Å². The van der Waals surface area contributed by atoms with Gasteiger partial charge in [0, 0.05) is 92.4 Å². The molecule has 9 aromatic rings. The average molecular weight is 1140 g/mol. The van der Waals surface area contributed by atoms with Crippen molar-refractivity contribution in [3.05, 3.63) is 163 Å². The Morgan fingerprint density at radius 1 is 0.643 bits per heavy atom. The third-order valence-corrected chi connectivity index (χ3v) is 10.9. The molecule has 0 saturated heterocycles. The zero-order chi connectivity index (χ0) is 47.5. The number of aliphatic hydroxyl groups is 2. The van der Waals surface area contributed by atoms with E-state index in [0.29, 0.717) is 59.5 Å². The molecule has 9 rings (SSSR count). The minimum Gasteiger partial charge on any atom is -0.444 e. The number of hydrogen-bond acceptors (Lipinski definition) is 12. The number of nitrogens with one attached hydrogen (secondary N) is 2. The molecule has 0 fully saturated rings. The molecule has 8 aromatic heterocycles. The monoisotopic (exact) mass is 1140 g/mol. The summed E-state index contributed by atoms with van der Waals surface area (Å²) < 4.78 is 14.7. The van der Waals surface area contributed by atoms with E-state index in [1.807, 2.05) is 85.4 Å². The number of hydrogen-bond donors (Lipinski definition) is 4. The number of carbonyl (C=O) groups excluding carboxylic acids is 2. The van der Waals surface area contributed by atoms with Crippen LogP contribution < -0.4 is 10.6 Å². The molecule has 70 heavy (non-hydrogen) atoms. The Labute approximate surface area is 425 Å². The first-order valence-electron chi connectivity index (χ1n) is 21.5. The number of anilines is 2. The third-order valence-electron chi connectivity index (χ3n) is 10.6. The molecule has 0 bridgehead atoms. The quantitative estimate of drug-likeness (QED) is 0.0795. The van der Waals surface area contributed by atoms with Crippen molar-refractivity contribution in [2.24, 2.45) is 0 Å². The van der Waals surface area contributed by atoms with E-state index in [9.17, 15) is 19.8 Å². The van der Waals surface area contributed by atoms with Crippen LogP contribution in [0, 0.1) is 21.3 Å². The van der Waals surface area contributed by atoms with Gasteiger partial charge < -0.3 is 45.9 Å². The van der Waals surface area contributed by atoms with Crippen LogP contribution in [0.4, 0.5) is 11.4 Å². The normalized spacial score (nSPS) is 11.2. The number of aromatic nitrogens is 8. The van der Waals surface area contributed by atoms with Crippen LogP contribution in [0.25, 0.3) is 45.3 Å². The number of nitrogens with zero attached hydrogens (tertiary/aromatic N) is 8. The van der Waals surface area contributed by atoms with Crippen LogP contribution in [0.5, 0.6) is 0 Å². The summed E-state index contributed by atoms with van der Waals surface area (Å²) in [7, 11) is 0. The fraction of sp³-hybridized carbons (Fsp3) is 0.250. The number of aryl methyl sites for hydroxylation is 4. The van der Waals surface area contributed by atoms with Crippen molar-refractivity contribution in [3.8, 4) is 34.0 Å². The zero-order valence-electron chi connectivity index (χ0n) is 39.2. The molecule has 0 radical (unpaired) electrons. The second-order valence-corrected chi connectivity index (χ2v) is 17.9. The van der Waals surface area contributed by atoms with Crippen molar-refractivity contribution in [1.29, 1.82) is 0 Å². The summed E-state index contributed by atoms with van der Waals surface area (Å²) in [4.78, 5) is 52.1. The Kier molecular flexibility index (Phi) is 17.6. The Balaban J connectivity index is 0.000000253. The molecule has 16 nitrogen and oxygen atoms in total. The van der Waals surface area contributed by atoms with Gasteiger partial charge in [-0.05, 0) is 103 Å². The van der Waals surface area contributed by atoms with Crippen molar-refractivity contribution in [2.45, 2.75) is 85.9 Å². The molecule has 0 atom stereocenters. The first-order chi connectivity index (χ1) is 31.9. The summed E-state index contributed by atoms with van der Waals surface area (Å²) in [5.74, 6) is -0.127. The van der Waals surface area contributed by atoms with Crippen LogP contribution in [0.1, 0.15) is 91.7 Å². The second-order valence-electron chi connectivity index (χ2n) is 17.5. The molecular weight excluding hydrogens is 1080 g/mol. The Morgan fingerprint density at radius 2 is 1.10 bits per heavy atom. The van der Waals surface area contributed by atoms with Crippen LogP contribution in [0.15, 0.2) is 125 Å². The number of oxazole rings is 2. The molecule has 364 valence electrons. The number of rotatable bonds is 13. The molecule has 0 saturated carbocycles. The first-order valence-corrected chi connectivity index (χ1v) is 21.9. The van der Waals surface area contributed by atoms with E-state index in [1.165, 1.54) is 12.5 Å². The van der Waals surface area contributed by atoms with Gasteiger partial charge in [-0.1, -0.05) is 49.4 Å². The summed E-state index contributed by atoms with van der Waals surface area (Å²) in [5.41, 5.74) is 7.87. The summed E-state index contributed by atoms with van der Waals surface area (Å²) >= 11 is 6.35. The minimum absolute atomic E-state index is 0. The Bertz CT molecular complexity index is 3220. The maximum atomic E-state index is 13.2. The van der Waals surface area contributed by atoms with Crippen LogP contribution >= 0.6 is 11.6 Å². The van der Waals surface area contributed by atoms with Gasteiger partial charge in [0.15, 0.2) is 11.4 Å². The third kappa shape index (κ3) is 13.7. The first kappa shape index (κ1) is 54.1. The van der Waals surface area contributed by atoms with E-state index >= 15 is 0 Å². The van der Waals surface area contributed by atoms with Crippen molar-refractivity contribution < 1.29 is 49.7 Å². The van der Waals surface area contributed by atoms with Gasteiger partial charge in [-0.3, -0.25) is 19.6 Å². The number of benzene rings is 1. The van der Waals surface area contributed by atoms with E-state index in [4.69, 9.17) is 25.4 Å². The number of pyridine rings is 4. The number of halogens is 1. The van der Waals surface area contributed by atoms with Gasteiger partial charge in [-0.2, -0.15) is 0 Å². The fourth-order valence-electron chi connectivity index (χ4n) is 7.06. The molecule has 1 aromatic carbocycles. The number of amides is 2. The Hall–Kier alpha value is -6.84. The van der Waals surface area contributed by atoms with Crippen molar-refractivity contribution in [3.63, 3.8) is 0 Å². The summed E-state index contributed by atoms with van der Waals surface area (Å²) in [6.07, 6.45) is 15.8. The van der Waals surface area contributed by atoms with Crippen molar-refractivity contribution >= 4 is 46.1 Å². The molecule has 4 N–H and O–H groups in total. The van der Waals surface area contributed by atoms with E-state index in [0.717, 1.165) is 50.7 Å². The van der Waals surface area contributed by atoms with Gasteiger partial charge in [0.2, 0.25) is 11.8 Å². The van der Waals surface area contributed by atoms with Crippen LogP contribution in [0.2, 0.25) is 5.02 Å². The van der Waals surface area contributed by atoms with Crippen LogP contribution in [0.3, 0.4) is 0 Å². The number of carbonyl (C=O) groups is 2. The second kappa shape index (κ2) is 22.7. The van der Waals surface area contributed by atoms with Crippen molar-refractivity contribution in [2.75, 3.05) is 10.6 Å². The summed E-state index contributed by atoms with van der Waals surface area (Å²) in [5, 5.41) is 26.1. The van der Waals surface area contributed by atoms with Gasteiger partial charge in [-0.15, -0.1) is 0 Å². The van der Waals surface area contributed by atoms with Gasteiger partial charge in [0.25, 0.3) is 11.8 Å². The number of fused-ring (bicyclic) bond motifs is 2. The SMILES string of the molecule is C.Cc1cc(-c2nc(C(=O)Nc3cn4cc(CCC(C)(C)O)nc4cc3-c3ccccc3)co2)ccn1.Cc1cc(-c2nc(C(=O)Nc3cn4cc(CCC(C)(C)O)nc4cc3Cl)co2)ccn1.[CH3-].[W]. The predicted octanol–water partition coefficient (Wildman–Crippen LogP) is 10.7. The molecule has 2 amide bonds. The topological polar surface area (TPSA) is 211 Å². The maximum Gasteiger partial charge on any atom is 0.277 e. The number of imidazole rings is 2. The molecule has 0 aliphatic rings. The van der Waals surface area contributed by atoms with Crippen molar-refractivity contribution in [1.82, 2.24) is 38.7 Å². The smallest absolute Gasteiger partial charge is 0.277 e. The molecule has 8 heterocycles. The van der Waals surface area contributed by atoms with E-state index in [-0.39, 0.29) is 53.2 Å². The van der Waals surface area contributed by atoms with Gasteiger partial charge in [0.1, 0.15) is 23.8 Å². The van der Waals surface area contributed by atoms with E-state index in [1.54, 1.807) is 68.9 Å². The molecule has 0 unspecified atom stereocenters. The average Bonchev–Trinajstić information content (AvgIpc) is 4.12. The van der Waals surface area contributed by atoms with Crippen LogP contribution in [-0.4, -0.2) is 71.9 Å². The molecule has 0 aliphatic heterocycles. The molecular formula is C52H56ClN10O6W-. The summed E-state index contributed by atoms with van der Waals surface area (Å²) in [6, 6.07) is 20.7. The summed E-state index contributed by atoms with van der Waals surface area (Å²) in [6.45, 7) is 10.8. The van der Waals surface area contributed by atoms with Gasteiger partial charge in [0.05, 0.1) is 39.0 Å². The Morgan fingerprint density at radius 3 is 1.57 bits per heavy atom. The predicted molar refractivity (Wildman–Crippen MR) is 268 cm³/mol. The zero-order valence-corrected chi connectivity index (χ0v) is 42.9. The van der Waals surface area contributed by atoms with E-state index < -0.39 is 17.1 Å². The standard InChI is InChI=1S/C28H27N5O3.C22H22ClN5O3.CH4.CH3.W/c1-18-13-20(10-12-29-18)27-32-24(17-36-27)26(34)31-23-16-33-15-21(9-11-28(2,3)35)30-25(33)14-22(23)19-7-5-4-6-8-19;1-13-8-14(5-7-24-13)21-27-18(12-31-21)20(29)26-17-11-28-10-15(4-6-22(2,3)30)25-19(28)9-16(17)23;;;/h4-8,10,12-17,35H,9,11H2,1-3H3,(H,31,34);5,7-12,30H,4,6H2,1-3H3,(H,26,29);1H4;1H3;/q;;;-1;. The molecule has 0 spiro atoms. The minimum atomic E-state index is -0.768.